The van der Waals surface area contributed by atoms with E-state index in [0.717, 1.165) is 5.56 Å². The Morgan fingerprint density at radius 3 is 2.87 bits per heavy atom. The Balaban J connectivity index is 2.41. The zero-order valence-electron chi connectivity index (χ0n) is 8.96. The lowest BCUT2D eigenvalue weighted by atomic mass is 10.2. The summed E-state index contributed by atoms with van der Waals surface area (Å²) in [6.45, 7) is 5.32. The Morgan fingerprint density at radius 1 is 1.47 bits per heavy atom. The number of para-hydroxylation sites is 1. The van der Waals surface area contributed by atoms with Gasteiger partial charge in [0.2, 0.25) is 0 Å². The summed E-state index contributed by atoms with van der Waals surface area (Å²) >= 11 is 3.26. The topological polar surface area (TPSA) is 41.5 Å². The van der Waals surface area contributed by atoms with Crippen molar-refractivity contribution in [1.29, 1.82) is 0 Å². The van der Waals surface area contributed by atoms with E-state index in [2.05, 4.69) is 35.3 Å². The quantitative estimate of drug-likeness (QED) is 0.641. The lowest BCUT2D eigenvalue weighted by Crippen LogP contribution is -2.17. The molecule has 0 saturated heterocycles. The zero-order chi connectivity index (χ0) is 11.3. The van der Waals surface area contributed by atoms with Crippen molar-refractivity contribution >= 4 is 15.9 Å². The third-order valence-corrected chi connectivity index (χ3v) is 2.49. The minimum atomic E-state index is 0.262. The molecule has 0 aliphatic rings. The van der Waals surface area contributed by atoms with Crippen LogP contribution in [0.5, 0.6) is 5.75 Å². The Hall–Kier alpha value is -0.580. The Kier molecular flexibility index (Phi) is 5.08. The number of halogens is 1. The molecule has 0 amide bonds. The molecule has 0 bridgehead atoms. The summed E-state index contributed by atoms with van der Waals surface area (Å²) in [7, 11) is 0. The van der Waals surface area contributed by atoms with E-state index in [1.54, 1.807) is 6.07 Å². The summed E-state index contributed by atoms with van der Waals surface area (Å²) in [5.41, 5.74) is 3.63. The fraction of sp³-hybridized carbons (Fsp3) is 0.455. The van der Waals surface area contributed by atoms with Crippen LogP contribution in [0, 0.1) is 5.92 Å². The molecule has 0 fully saturated rings. The van der Waals surface area contributed by atoms with E-state index < -0.39 is 0 Å². The number of benzene rings is 1. The van der Waals surface area contributed by atoms with Crippen LogP contribution in [0.15, 0.2) is 22.7 Å². The lowest BCUT2D eigenvalue weighted by molar-refractivity contribution is 0.0193. The van der Waals surface area contributed by atoms with Crippen molar-refractivity contribution in [2.75, 3.05) is 6.61 Å². The average molecular weight is 274 g/mol. The number of phenols is 1. The standard InChI is InChI=1S/C11H16BrNO2/c1-8(2)7-15-13-6-9-4-3-5-10(12)11(9)14/h3-5,8,13-14H,6-7H2,1-2H3. The van der Waals surface area contributed by atoms with Crippen LogP contribution < -0.4 is 5.48 Å². The third-order valence-electron chi connectivity index (χ3n) is 1.85. The van der Waals surface area contributed by atoms with E-state index in [1.165, 1.54) is 0 Å². The molecule has 84 valence electrons. The predicted octanol–water partition coefficient (Wildman–Crippen LogP) is 2.83. The van der Waals surface area contributed by atoms with E-state index in [9.17, 15) is 5.11 Å². The Morgan fingerprint density at radius 2 is 2.20 bits per heavy atom. The van der Waals surface area contributed by atoms with E-state index in [0.29, 0.717) is 23.5 Å². The molecule has 0 aromatic heterocycles. The van der Waals surface area contributed by atoms with Gasteiger partial charge in [0.15, 0.2) is 0 Å². The summed E-state index contributed by atoms with van der Waals surface area (Å²) < 4.78 is 0.700. The molecule has 4 heteroatoms. The van der Waals surface area contributed by atoms with Crippen LogP contribution in [0.2, 0.25) is 0 Å². The summed E-state index contributed by atoms with van der Waals surface area (Å²) in [6.07, 6.45) is 0. The molecule has 0 aliphatic heterocycles. The van der Waals surface area contributed by atoms with Crippen LogP contribution in [0.25, 0.3) is 0 Å². The van der Waals surface area contributed by atoms with Gasteiger partial charge in [-0.2, -0.15) is 5.48 Å². The largest absolute Gasteiger partial charge is 0.506 e. The zero-order valence-corrected chi connectivity index (χ0v) is 10.5. The maximum Gasteiger partial charge on any atom is 0.134 e. The predicted molar refractivity (Wildman–Crippen MR) is 63.4 cm³/mol. The molecule has 1 aromatic rings. The highest BCUT2D eigenvalue weighted by atomic mass is 79.9. The highest BCUT2D eigenvalue weighted by molar-refractivity contribution is 9.10. The first kappa shape index (κ1) is 12.5. The number of hydrogen-bond donors (Lipinski definition) is 2. The number of hydroxylamine groups is 1. The second-order valence-electron chi connectivity index (χ2n) is 3.77. The summed E-state index contributed by atoms with van der Waals surface area (Å²) in [5, 5.41) is 9.66. The molecule has 1 rings (SSSR count). The van der Waals surface area contributed by atoms with Gasteiger partial charge in [-0.15, -0.1) is 0 Å². The van der Waals surface area contributed by atoms with E-state index >= 15 is 0 Å². The van der Waals surface area contributed by atoms with Crippen LogP contribution in [0.4, 0.5) is 0 Å². The average Bonchev–Trinajstić information content (AvgIpc) is 2.18. The van der Waals surface area contributed by atoms with Crippen LogP contribution in [-0.2, 0) is 11.4 Å². The molecule has 0 spiro atoms. The molecule has 15 heavy (non-hydrogen) atoms. The molecule has 0 aliphatic carbocycles. The molecule has 3 nitrogen and oxygen atoms in total. The van der Waals surface area contributed by atoms with Gasteiger partial charge in [-0.25, -0.2) is 0 Å². The van der Waals surface area contributed by atoms with Gasteiger partial charge in [0.25, 0.3) is 0 Å². The lowest BCUT2D eigenvalue weighted by Gasteiger charge is -2.09. The highest BCUT2D eigenvalue weighted by Crippen LogP contribution is 2.27. The van der Waals surface area contributed by atoms with Crippen molar-refractivity contribution in [3.8, 4) is 5.75 Å². The second-order valence-corrected chi connectivity index (χ2v) is 4.63. The smallest absolute Gasteiger partial charge is 0.134 e. The van der Waals surface area contributed by atoms with Crippen LogP contribution in [-0.4, -0.2) is 11.7 Å². The van der Waals surface area contributed by atoms with Crippen molar-refractivity contribution < 1.29 is 9.94 Å². The van der Waals surface area contributed by atoms with E-state index in [-0.39, 0.29) is 5.75 Å². The molecule has 2 N–H and O–H groups in total. The fourth-order valence-electron chi connectivity index (χ4n) is 1.06. The van der Waals surface area contributed by atoms with Crippen molar-refractivity contribution in [3.05, 3.63) is 28.2 Å². The molecule has 0 atom stereocenters. The Labute approximate surface area is 98.5 Å². The van der Waals surface area contributed by atoms with Gasteiger partial charge in [0.1, 0.15) is 5.75 Å². The van der Waals surface area contributed by atoms with Gasteiger partial charge >= 0.3 is 0 Å². The minimum Gasteiger partial charge on any atom is -0.506 e. The normalized spacial score (nSPS) is 10.9. The molecule has 0 heterocycles. The maximum atomic E-state index is 9.66. The maximum absolute atomic E-state index is 9.66. The first-order valence-electron chi connectivity index (χ1n) is 4.92. The molecular formula is C11H16BrNO2. The van der Waals surface area contributed by atoms with Crippen molar-refractivity contribution in [3.63, 3.8) is 0 Å². The monoisotopic (exact) mass is 273 g/mol. The summed E-state index contributed by atoms with van der Waals surface area (Å²) in [6, 6.07) is 5.53. The number of nitrogens with one attached hydrogen (secondary N) is 1. The van der Waals surface area contributed by atoms with Crippen LogP contribution >= 0.6 is 15.9 Å². The minimum absolute atomic E-state index is 0.262. The van der Waals surface area contributed by atoms with Crippen molar-refractivity contribution in [1.82, 2.24) is 5.48 Å². The van der Waals surface area contributed by atoms with Crippen molar-refractivity contribution in [2.24, 2.45) is 5.92 Å². The SMILES string of the molecule is CC(C)CONCc1cccc(Br)c1O. The van der Waals surface area contributed by atoms with Gasteiger partial charge in [0, 0.05) is 12.1 Å². The first-order chi connectivity index (χ1) is 7.11. The summed E-state index contributed by atoms with van der Waals surface area (Å²) in [4.78, 5) is 5.22. The number of phenolic OH excluding ortho intramolecular Hbond substituents is 1. The molecule has 0 radical (unpaired) electrons. The highest BCUT2D eigenvalue weighted by Gasteiger charge is 2.04. The van der Waals surface area contributed by atoms with Gasteiger partial charge in [-0.3, -0.25) is 0 Å². The van der Waals surface area contributed by atoms with Gasteiger partial charge < -0.3 is 9.94 Å². The first-order valence-corrected chi connectivity index (χ1v) is 5.71. The van der Waals surface area contributed by atoms with E-state index in [4.69, 9.17) is 4.84 Å². The molecule has 0 saturated carbocycles. The molecule has 1 aromatic carbocycles. The van der Waals surface area contributed by atoms with Crippen LogP contribution in [0.1, 0.15) is 19.4 Å². The molecule has 0 unspecified atom stereocenters. The van der Waals surface area contributed by atoms with Gasteiger partial charge in [-0.1, -0.05) is 26.0 Å². The van der Waals surface area contributed by atoms with Gasteiger partial charge in [0.05, 0.1) is 11.1 Å². The van der Waals surface area contributed by atoms with Gasteiger partial charge in [-0.05, 0) is 27.9 Å². The summed E-state index contributed by atoms with van der Waals surface area (Å²) in [5.74, 6) is 0.756. The van der Waals surface area contributed by atoms with Crippen molar-refractivity contribution in [2.45, 2.75) is 20.4 Å². The van der Waals surface area contributed by atoms with Crippen LogP contribution in [0.3, 0.4) is 0 Å². The number of aromatic hydroxyl groups is 1. The van der Waals surface area contributed by atoms with E-state index in [1.807, 2.05) is 12.1 Å². The molecular weight excluding hydrogens is 258 g/mol. The number of rotatable bonds is 5. The fourth-order valence-corrected chi connectivity index (χ4v) is 1.46. The number of hydrogen-bond acceptors (Lipinski definition) is 3. The third kappa shape index (κ3) is 4.20. The Bertz CT molecular complexity index is 315. The second kappa shape index (κ2) is 6.10.